The highest BCUT2D eigenvalue weighted by Crippen LogP contribution is 2.26. The average molecular weight is 1630 g/mol. The molecule has 0 saturated carbocycles. The number of rotatable bonds is 41. The average Bonchev–Trinajstić information content (AvgIpc) is 1.15. The molecule has 8 rings (SSSR count). The first-order valence-electron chi connectivity index (χ1n) is 39.3. The number of nitrogens with zero attached hydrogens (tertiary/aromatic N) is 4. The molecule has 0 radical (unpaired) electrons. The number of halogens is 1. The zero-order valence-electron chi connectivity index (χ0n) is 65.6. The number of aromatic hydroxyl groups is 1. The summed E-state index contributed by atoms with van der Waals surface area (Å²) in [6.45, 7) is 4.42. The number of hydrogen-bond donors (Lipinski definition) is 17. The third kappa shape index (κ3) is 26.7. The molecule has 3 aliphatic rings. The summed E-state index contributed by atoms with van der Waals surface area (Å²) in [4.78, 5) is 181. The molecule has 626 valence electrons. The Kier molecular flexibility index (Phi) is 34.4. The van der Waals surface area contributed by atoms with Crippen molar-refractivity contribution in [3.63, 3.8) is 0 Å². The minimum absolute atomic E-state index is 0.00446. The number of fused-ring (bicyclic) bond motifs is 1. The number of nitrogens with two attached hydrogens (primary N) is 2. The Morgan fingerprint density at radius 1 is 0.621 bits per heavy atom. The highest BCUT2D eigenvalue weighted by Gasteiger charge is 2.42. The zero-order chi connectivity index (χ0) is 84.3. The number of likely N-dealkylation sites (tertiary alicyclic amines) is 2. The number of phenolic OH excluding ortho intramolecular Hbond substituents is 1. The largest absolute Gasteiger partial charge is 0.508 e. The van der Waals surface area contributed by atoms with Crippen LogP contribution in [0.5, 0.6) is 5.75 Å². The van der Waals surface area contributed by atoms with Gasteiger partial charge in [0.25, 0.3) is 0 Å². The Morgan fingerprint density at radius 3 is 1.84 bits per heavy atom. The number of likely N-dealkylation sites (N-methyl/N-ethyl adjacent to an activating group) is 1. The number of hydrogen-bond acceptors (Lipinski definition) is 19. The fourth-order valence-electron chi connectivity index (χ4n) is 14.3. The Morgan fingerprint density at radius 2 is 1.21 bits per heavy atom. The van der Waals surface area contributed by atoms with E-state index in [-0.39, 0.29) is 139 Å². The first-order valence-corrected chi connectivity index (χ1v) is 39.6. The van der Waals surface area contributed by atoms with Crippen LogP contribution in [0.3, 0.4) is 0 Å². The molecule has 12 amide bonds. The molecule has 1 aromatic heterocycles. The number of phenols is 1. The van der Waals surface area contributed by atoms with Crippen LogP contribution in [0.1, 0.15) is 126 Å². The van der Waals surface area contributed by atoms with Crippen molar-refractivity contribution in [2.24, 2.45) is 17.4 Å². The van der Waals surface area contributed by atoms with Crippen LogP contribution in [0.4, 0.5) is 0 Å². The molecular formula is C82H109ClN16O17. The van der Waals surface area contributed by atoms with E-state index in [0.29, 0.717) is 47.4 Å². The molecule has 34 heteroatoms. The molecule has 3 heterocycles. The maximum atomic E-state index is 15.4. The van der Waals surface area contributed by atoms with E-state index in [2.05, 4.69) is 52.8 Å². The summed E-state index contributed by atoms with van der Waals surface area (Å²) in [7, 11) is 1.21. The second-order valence-electron chi connectivity index (χ2n) is 30.2. The minimum Gasteiger partial charge on any atom is -0.508 e. The molecule has 4 aromatic carbocycles. The van der Waals surface area contributed by atoms with E-state index in [1.54, 1.807) is 50.2 Å². The summed E-state index contributed by atoms with van der Waals surface area (Å²) in [5, 5.41) is 86.6. The van der Waals surface area contributed by atoms with Crippen molar-refractivity contribution in [3.05, 3.63) is 154 Å². The van der Waals surface area contributed by atoms with Crippen molar-refractivity contribution in [2.45, 2.75) is 209 Å². The molecule has 116 heavy (non-hydrogen) atoms. The van der Waals surface area contributed by atoms with Crippen molar-refractivity contribution in [2.75, 3.05) is 39.8 Å². The maximum Gasteiger partial charge on any atom is 0.247 e. The van der Waals surface area contributed by atoms with Gasteiger partial charge >= 0.3 is 0 Å². The van der Waals surface area contributed by atoms with Gasteiger partial charge in [-0.15, -0.1) is 0 Å². The van der Waals surface area contributed by atoms with Crippen LogP contribution in [0.2, 0.25) is 5.02 Å². The molecule has 1 aliphatic carbocycles. The van der Waals surface area contributed by atoms with E-state index in [1.807, 2.05) is 42.5 Å². The van der Waals surface area contributed by atoms with E-state index >= 15 is 28.8 Å². The molecular weight excluding hydrogens is 1520 g/mol. The third-order valence-electron chi connectivity index (χ3n) is 20.8. The number of piperidine rings is 1. The number of carbonyl (C=O) groups is 12. The Balaban J connectivity index is 1.07. The summed E-state index contributed by atoms with van der Waals surface area (Å²) < 4.78 is 0. The van der Waals surface area contributed by atoms with Gasteiger partial charge in [-0.05, 0) is 153 Å². The lowest BCUT2D eigenvalue weighted by Crippen LogP contribution is -2.62. The Hall–Kier alpha value is -11.1. The predicted molar refractivity (Wildman–Crippen MR) is 429 cm³/mol. The number of aliphatic hydroxyl groups excluding tert-OH is 4. The van der Waals surface area contributed by atoms with Crippen LogP contribution in [-0.4, -0.2) is 241 Å². The predicted octanol–water partition coefficient (Wildman–Crippen LogP) is 0.353. The first-order chi connectivity index (χ1) is 55.4. The summed E-state index contributed by atoms with van der Waals surface area (Å²) in [5.74, 6) is -10.1. The lowest BCUT2D eigenvalue weighted by atomic mass is 9.92. The van der Waals surface area contributed by atoms with E-state index in [1.165, 1.54) is 60.4 Å². The molecule has 0 spiro atoms. The molecule has 2 fully saturated rings. The maximum absolute atomic E-state index is 15.4. The highest BCUT2D eigenvalue weighted by molar-refractivity contribution is 6.30. The van der Waals surface area contributed by atoms with Gasteiger partial charge in [-0.2, -0.15) is 0 Å². The van der Waals surface area contributed by atoms with Crippen molar-refractivity contribution < 1.29 is 83.1 Å². The topological polar surface area (TPSA) is 513 Å². The van der Waals surface area contributed by atoms with Crippen molar-refractivity contribution in [1.29, 1.82) is 5.41 Å². The van der Waals surface area contributed by atoms with Crippen molar-refractivity contribution >= 4 is 99.2 Å². The third-order valence-corrected chi connectivity index (χ3v) is 21.1. The quantitative estimate of drug-likeness (QED) is 0.0143. The van der Waals surface area contributed by atoms with Gasteiger partial charge in [0.15, 0.2) is 5.96 Å². The van der Waals surface area contributed by atoms with E-state index in [4.69, 9.17) is 28.5 Å². The summed E-state index contributed by atoms with van der Waals surface area (Å²) in [6, 6.07) is 14.8. The van der Waals surface area contributed by atoms with Gasteiger partial charge in [-0.1, -0.05) is 98.2 Å². The number of carbonyl (C=O) groups excluding carboxylic acids is 12. The zero-order valence-corrected chi connectivity index (χ0v) is 66.4. The van der Waals surface area contributed by atoms with Gasteiger partial charge in [-0.3, -0.25) is 67.9 Å². The number of primary amides is 1. The van der Waals surface area contributed by atoms with Gasteiger partial charge in [0, 0.05) is 94.7 Å². The molecule has 13 unspecified atom stereocenters. The second kappa shape index (κ2) is 44.1. The monoisotopic (exact) mass is 1620 g/mol. The van der Waals surface area contributed by atoms with Gasteiger partial charge in [-0.25, -0.2) is 0 Å². The number of benzene rings is 4. The molecule has 0 bridgehead atoms. The molecule has 2 saturated heterocycles. The molecule has 19 N–H and O–H groups in total. The van der Waals surface area contributed by atoms with Crippen molar-refractivity contribution in [3.8, 4) is 5.75 Å². The number of nitrogens with one attached hydrogen (secondary N) is 10. The molecule has 33 nitrogen and oxygen atoms in total. The smallest absolute Gasteiger partial charge is 0.247 e. The SMILES string of the molecule is CC(C)CC(NC(=O)C(CCCCNC(=O)C1=CC(O)C(O)C(O)C1)NC(=O)C(Cc1ccc(O)cc1)N(C)C(=O)C(CO)NC(=O)C(Cc1cccnc1)NC(=O)C(Cc1ccc(Cl)cc1)NC(=O)C(Cc1ccc2ccccc2c1)N1CCCCC1=O)C(=O)NC(CCCCNC(=N)N)C(=O)N1CCCC1C(=O)NC(C)C(N)=O. The number of unbranched alkanes of at least 4 members (excludes halogenated alkanes) is 2. The number of amides is 12. The lowest BCUT2D eigenvalue weighted by molar-refractivity contribution is -0.144. The number of aromatic nitrogens is 1. The van der Waals surface area contributed by atoms with E-state index in [9.17, 15) is 54.3 Å². The fraction of sp³-hybridized carbons (Fsp3) is 0.488. The number of aliphatic hydroxyl groups is 4. The Bertz CT molecular complexity index is 4290. The van der Waals surface area contributed by atoms with E-state index < -0.39 is 150 Å². The van der Waals surface area contributed by atoms with Gasteiger partial charge in [0.1, 0.15) is 78.4 Å². The summed E-state index contributed by atoms with van der Waals surface area (Å²) >= 11 is 6.31. The molecule has 13 atom stereocenters. The van der Waals surface area contributed by atoms with Crippen LogP contribution in [0, 0.1) is 11.3 Å². The van der Waals surface area contributed by atoms with Gasteiger partial charge in [0.05, 0.1) is 12.7 Å². The minimum atomic E-state index is -1.86. The van der Waals surface area contributed by atoms with Crippen LogP contribution in [0.15, 0.2) is 127 Å². The normalized spacial score (nSPS) is 18.4. The van der Waals surface area contributed by atoms with Gasteiger partial charge in [0.2, 0.25) is 70.9 Å². The van der Waals surface area contributed by atoms with E-state index in [0.717, 1.165) is 27.3 Å². The van der Waals surface area contributed by atoms with Gasteiger partial charge < -0.3 is 99.6 Å². The van der Waals surface area contributed by atoms with Crippen LogP contribution in [-0.2, 0) is 83.2 Å². The number of guanidine groups is 1. The highest BCUT2D eigenvalue weighted by atomic mass is 35.5. The molecule has 5 aromatic rings. The summed E-state index contributed by atoms with van der Waals surface area (Å²) in [5.41, 5.74) is 13.1. The fourth-order valence-corrected chi connectivity index (χ4v) is 14.4. The Labute approximate surface area is 678 Å². The molecule has 2 aliphatic heterocycles. The summed E-state index contributed by atoms with van der Waals surface area (Å²) in [6.07, 6.45) is 1.37. The van der Waals surface area contributed by atoms with Crippen LogP contribution in [0.25, 0.3) is 10.8 Å². The first kappa shape index (κ1) is 90.4. The standard InChI is InChI=1S/C82H109ClN16O17/c1-47(2)37-60(74(109)92-59(19-8-11-34-89-82(85)86)81(116)99-36-14-20-64(99)77(112)90-48(3)71(84)106)93-73(108)58(18-7-10-33-88-72(107)55-43-67(102)70(105)68(103)44-55)91-78(113)65(41-50-25-30-57(101)31-26-50)97(4)80(115)63(46-100)96-76(111)62(40-52-15-13-32-87-45-52)94-75(110)61(39-49-23-28-56(83)29-24-49)95-79(114)66(98-35-12-9-21-69(98)104)42-51-22-27-53-16-5-6-17-54(53)38-51/h5-6,13,15-17,22-32,38,43,45,47-48,58-68,70,100-103,105H,7-12,14,18-21,33-37,39-42,44,46H2,1-4H3,(H2,84,106)(H,88,107)(H,90,112)(H,91,113)(H,92,109)(H,93,108)(H,94,110)(H,95,114)(H,96,111)(H4,85,86,89). The number of pyridine rings is 1. The lowest BCUT2D eigenvalue weighted by Gasteiger charge is -2.35. The van der Waals surface area contributed by atoms with Crippen LogP contribution >= 0.6 is 11.6 Å². The van der Waals surface area contributed by atoms with Crippen molar-refractivity contribution in [1.82, 2.24) is 67.5 Å². The second-order valence-corrected chi connectivity index (χ2v) is 30.6. The van der Waals surface area contributed by atoms with Crippen LogP contribution < -0.4 is 59.3 Å².